The first-order valence-corrected chi connectivity index (χ1v) is 5.15. The van der Waals surface area contributed by atoms with E-state index in [-0.39, 0.29) is 11.5 Å². The average molecular weight is 284 g/mol. The highest BCUT2D eigenvalue weighted by atomic mass is 79.9. The van der Waals surface area contributed by atoms with Crippen molar-refractivity contribution in [1.82, 2.24) is 4.98 Å². The first-order valence-electron chi connectivity index (χ1n) is 4.35. The van der Waals surface area contributed by atoms with E-state index in [1.54, 1.807) is 12.1 Å². The van der Waals surface area contributed by atoms with Crippen LogP contribution in [-0.4, -0.2) is 16.0 Å². The molecular weight excluding hydrogens is 277 g/mol. The summed E-state index contributed by atoms with van der Waals surface area (Å²) < 4.78 is 14.1. The number of aromatic nitrogens is 1. The fourth-order valence-corrected chi connectivity index (χ4v) is 1.79. The molecule has 1 aromatic carbocycles. The summed E-state index contributed by atoms with van der Waals surface area (Å²) in [6, 6.07) is 4.74. The number of halogens is 2. The van der Waals surface area contributed by atoms with E-state index in [0.29, 0.717) is 15.2 Å². The summed E-state index contributed by atoms with van der Waals surface area (Å²) in [7, 11) is 0. The third-order valence-corrected chi connectivity index (χ3v) is 2.80. The van der Waals surface area contributed by atoms with Crippen LogP contribution in [0.4, 0.5) is 4.39 Å². The van der Waals surface area contributed by atoms with Gasteiger partial charge in [-0.15, -0.1) is 0 Å². The molecule has 0 aliphatic rings. The molecule has 0 fully saturated rings. The maximum absolute atomic E-state index is 13.7. The minimum absolute atomic E-state index is 0.146. The first kappa shape index (κ1) is 10.8. The number of hydrogen-bond acceptors (Lipinski definition) is 3. The Balaban J connectivity index is 2.85. The van der Waals surface area contributed by atoms with Crippen molar-refractivity contribution >= 4 is 32.5 Å². The lowest BCUT2D eigenvalue weighted by molar-refractivity contribution is 0.318. The summed E-state index contributed by atoms with van der Waals surface area (Å²) in [4.78, 5) is 3.95. The van der Waals surface area contributed by atoms with Crippen LogP contribution in [0.3, 0.4) is 0 Å². The molecule has 0 spiro atoms. The Bertz CT molecular complexity index is 586. The molecule has 3 N–H and O–H groups in total. The highest BCUT2D eigenvalue weighted by molar-refractivity contribution is 9.10. The maximum Gasteiger partial charge on any atom is 0.189 e. The van der Waals surface area contributed by atoms with E-state index in [4.69, 9.17) is 10.9 Å². The number of fused-ring (bicyclic) bond motifs is 1. The number of nitrogens with zero attached hydrogens (tertiary/aromatic N) is 2. The molecule has 0 unspecified atom stereocenters. The first-order chi connectivity index (χ1) is 7.65. The highest BCUT2D eigenvalue weighted by Crippen LogP contribution is 2.25. The van der Waals surface area contributed by atoms with E-state index in [1.165, 1.54) is 12.3 Å². The van der Waals surface area contributed by atoms with Crippen LogP contribution < -0.4 is 5.73 Å². The SMILES string of the molecule is NC(=NO)c1nccc2c(F)c(Br)ccc12. The minimum Gasteiger partial charge on any atom is -0.409 e. The van der Waals surface area contributed by atoms with Gasteiger partial charge in [0.1, 0.15) is 11.5 Å². The summed E-state index contributed by atoms with van der Waals surface area (Å²) in [6.45, 7) is 0. The third kappa shape index (κ3) is 1.61. The second-order valence-corrected chi connectivity index (χ2v) is 3.96. The van der Waals surface area contributed by atoms with Gasteiger partial charge in [-0.3, -0.25) is 4.98 Å². The van der Waals surface area contributed by atoms with Gasteiger partial charge < -0.3 is 10.9 Å². The van der Waals surface area contributed by atoms with Gasteiger partial charge in [-0.2, -0.15) is 0 Å². The monoisotopic (exact) mass is 283 g/mol. The molecule has 1 heterocycles. The largest absolute Gasteiger partial charge is 0.409 e. The number of benzene rings is 1. The Kier molecular flexibility index (Phi) is 2.74. The summed E-state index contributed by atoms with van der Waals surface area (Å²) in [5.41, 5.74) is 5.71. The van der Waals surface area contributed by atoms with Crippen molar-refractivity contribution in [2.24, 2.45) is 10.9 Å². The van der Waals surface area contributed by atoms with Gasteiger partial charge in [-0.25, -0.2) is 4.39 Å². The molecule has 82 valence electrons. The number of amidine groups is 1. The summed E-state index contributed by atoms with van der Waals surface area (Å²) >= 11 is 3.09. The zero-order valence-corrected chi connectivity index (χ0v) is 9.57. The van der Waals surface area contributed by atoms with Gasteiger partial charge in [0, 0.05) is 17.0 Å². The normalized spacial score (nSPS) is 12.0. The number of oxime groups is 1. The lowest BCUT2D eigenvalue weighted by atomic mass is 10.1. The van der Waals surface area contributed by atoms with E-state index in [1.807, 2.05) is 0 Å². The molecule has 2 aromatic rings. The van der Waals surface area contributed by atoms with Gasteiger partial charge in [0.25, 0.3) is 0 Å². The Hall–Kier alpha value is -1.69. The standard InChI is InChI=1S/C10H7BrFN3O/c11-7-2-1-6-5(8(7)12)3-4-14-9(6)10(13)15-16/h1-4,16H,(H2,13,15). The molecular formula is C10H7BrFN3O. The zero-order chi connectivity index (χ0) is 11.7. The maximum atomic E-state index is 13.7. The van der Waals surface area contributed by atoms with Gasteiger partial charge in [-0.1, -0.05) is 11.2 Å². The topological polar surface area (TPSA) is 71.5 Å². The van der Waals surface area contributed by atoms with E-state index in [2.05, 4.69) is 26.1 Å². The Morgan fingerprint density at radius 2 is 2.12 bits per heavy atom. The highest BCUT2D eigenvalue weighted by Gasteiger charge is 2.11. The predicted molar refractivity (Wildman–Crippen MR) is 61.9 cm³/mol. The molecule has 0 aliphatic heterocycles. The summed E-state index contributed by atoms with van der Waals surface area (Å²) in [5.74, 6) is -0.542. The van der Waals surface area contributed by atoms with Crippen LogP contribution in [0.15, 0.2) is 34.0 Å². The van der Waals surface area contributed by atoms with Crippen molar-refractivity contribution < 1.29 is 9.60 Å². The number of nitrogens with two attached hydrogens (primary N) is 1. The van der Waals surface area contributed by atoms with Crippen molar-refractivity contribution in [1.29, 1.82) is 0 Å². The van der Waals surface area contributed by atoms with Crippen LogP contribution >= 0.6 is 15.9 Å². The van der Waals surface area contributed by atoms with Gasteiger partial charge in [0.05, 0.1) is 4.47 Å². The van der Waals surface area contributed by atoms with Gasteiger partial charge in [0.2, 0.25) is 0 Å². The predicted octanol–water partition coefficient (Wildman–Crippen LogP) is 2.23. The zero-order valence-electron chi connectivity index (χ0n) is 7.98. The van der Waals surface area contributed by atoms with E-state index in [9.17, 15) is 4.39 Å². The number of pyridine rings is 1. The van der Waals surface area contributed by atoms with Crippen LogP contribution in [0.2, 0.25) is 0 Å². The van der Waals surface area contributed by atoms with E-state index in [0.717, 1.165) is 0 Å². The summed E-state index contributed by atoms with van der Waals surface area (Å²) in [6.07, 6.45) is 1.41. The molecule has 4 nitrogen and oxygen atoms in total. The molecule has 16 heavy (non-hydrogen) atoms. The quantitative estimate of drug-likeness (QED) is 0.365. The summed E-state index contributed by atoms with van der Waals surface area (Å²) in [5, 5.41) is 12.3. The van der Waals surface area contributed by atoms with Crippen LogP contribution in [0.5, 0.6) is 0 Å². The molecule has 0 atom stereocenters. The van der Waals surface area contributed by atoms with Crippen molar-refractivity contribution in [2.75, 3.05) is 0 Å². The van der Waals surface area contributed by atoms with Crippen LogP contribution in [-0.2, 0) is 0 Å². The van der Waals surface area contributed by atoms with E-state index >= 15 is 0 Å². The van der Waals surface area contributed by atoms with Crippen molar-refractivity contribution in [2.45, 2.75) is 0 Å². The Morgan fingerprint density at radius 1 is 1.38 bits per heavy atom. The number of hydrogen-bond donors (Lipinski definition) is 2. The van der Waals surface area contributed by atoms with Gasteiger partial charge in [0.15, 0.2) is 5.84 Å². The average Bonchev–Trinajstić information content (AvgIpc) is 2.32. The molecule has 0 aliphatic carbocycles. The third-order valence-electron chi connectivity index (χ3n) is 2.18. The second-order valence-electron chi connectivity index (χ2n) is 3.10. The van der Waals surface area contributed by atoms with Gasteiger partial charge >= 0.3 is 0 Å². The van der Waals surface area contributed by atoms with Crippen LogP contribution in [0.25, 0.3) is 10.8 Å². The Labute approximate surface area is 98.7 Å². The van der Waals surface area contributed by atoms with E-state index < -0.39 is 5.82 Å². The molecule has 0 amide bonds. The fourth-order valence-electron chi connectivity index (χ4n) is 1.44. The molecule has 0 bridgehead atoms. The lowest BCUT2D eigenvalue weighted by Crippen LogP contribution is -2.15. The molecule has 0 saturated carbocycles. The molecule has 6 heteroatoms. The van der Waals surface area contributed by atoms with Gasteiger partial charge in [-0.05, 0) is 28.1 Å². The molecule has 0 saturated heterocycles. The number of rotatable bonds is 1. The Morgan fingerprint density at radius 3 is 2.81 bits per heavy atom. The fraction of sp³-hybridized carbons (Fsp3) is 0. The van der Waals surface area contributed by atoms with Crippen LogP contribution in [0, 0.1) is 5.82 Å². The van der Waals surface area contributed by atoms with Crippen molar-refractivity contribution in [3.63, 3.8) is 0 Å². The van der Waals surface area contributed by atoms with Crippen molar-refractivity contribution in [3.05, 3.63) is 40.4 Å². The van der Waals surface area contributed by atoms with Crippen LogP contribution in [0.1, 0.15) is 5.69 Å². The lowest BCUT2D eigenvalue weighted by Gasteiger charge is -2.05. The minimum atomic E-state index is -0.396. The smallest absolute Gasteiger partial charge is 0.189 e. The molecule has 2 rings (SSSR count). The van der Waals surface area contributed by atoms with Crippen molar-refractivity contribution in [3.8, 4) is 0 Å². The second kappa shape index (κ2) is 4.05. The molecule has 0 radical (unpaired) electrons. The molecule has 1 aromatic heterocycles.